The first-order valence-corrected chi connectivity index (χ1v) is 35.7. The summed E-state index contributed by atoms with van der Waals surface area (Å²) in [6.07, 6.45) is 0. The minimum Gasteiger partial charge on any atom is -0.310 e. The lowest BCUT2D eigenvalue weighted by Gasteiger charge is -2.47. The van der Waals surface area contributed by atoms with Crippen molar-refractivity contribution in [1.82, 2.24) is 9.13 Å². The fraction of sp³-hybridized carbons (Fsp3) is 0.212. The highest BCUT2D eigenvalue weighted by molar-refractivity contribution is 7.00. The summed E-state index contributed by atoms with van der Waals surface area (Å²) in [5.74, 6) is 0. The molecule has 0 saturated carbocycles. The van der Waals surface area contributed by atoms with Crippen molar-refractivity contribution in [3.05, 3.63) is 306 Å². The van der Waals surface area contributed by atoms with E-state index in [1.54, 1.807) is 41.5 Å². The zero-order chi connectivity index (χ0) is 91.3. The van der Waals surface area contributed by atoms with Gasteiger partial charge in [-0.1, -0.05) is 285 Å². The van der Waals surface area contributed by atoms with Crippen LogP contribution in [-0.2, 0) is 27.1 Å². The van der Waals surface area contributed by atoms with Crippen LogP contribution in [0.15, 0.2) is 273 Å². The van der Waals surface area contributed by atoms with E-state index in [4.69, 9.17) is 0 Å². The normalized spacial score (nSPS) is 16.4. The van der Waals surface area contributed by atoms with Crippen LogP contribution in [-0.4, -0.2) is 15.8 Å². The molecular formula is C99H93BN4. The molecule has 2 aromatic heterocycles. The molecule has 4 nitrogen and oxygen atoms in total. The molecule has 15 aromatic rings. The molecule has 0 spiro atoms. The van der Waals surface area contributed by atoms with Crippen LogP contribution in [0.4, 0.5) is 34.1 Å². The maximum atomic E-state index is 12.0. The summed E-state index contributed by atoms with van der Waals surface area (Å²) < 4.78 is 230. The minimum absolute atomic E-state index is 0.0459. The van der Waals surface area contributed by atoms with Gasteiger partial charge in [-0.2, -0.15) is 0 Å². The number of rotatable bonds is 8. The zero-order valence-electron chi connectivity index (χ0n) is 83.4. The van der Waals surface area contributed by atoms with E-state index < -0.39 is 171 Å². The van der Waals surface area contributed by atoms with Crippen LogP contribution in [0.25, 0.3) is 99.5 Å². The zero-order valence-corrected chi connectivity index (χ0v) is 61.4. The third kappa shape index (κ3) is 10.9. The van der Waals surface area contributed by atoms with E-state index in [0.29, 0.717) is 61.4 Å². The average Bonchev–Trinajstić information content (AvgIpc) is 0.785. The summed E-state index contributed by atoms with van der Waals surface area (Å²) in [5, 5.41) is -0.958. The maximum absolute atomic E-state index is 12.0. The topological polar surface area (TPSA) is 16.3 Å². The fourth-order valence-electron chi connectivity index (χ4n) is 15.0. The number of anilines is 6. The monoisotopic (exact) mass is 1370 g/mol. The summed E-state index contributed by atoms with van der Waals surface area (Å²) >= 11 is 0. The summed E-state index contributed by atoms with van der Waals surface area (Å²) in [6, 6.07) is 38.4. The summed E-state index contributed by atoms with van der Waals surface area (Å²) in [5.41, 5.74) is 0.144. The lowest BCUT2D eigenvalue weighted by molar-refractivity contribution is 0.590. The second kappa shape index (κ2) is 24.1. The Bertz CT molecular complexity index is 7110. The first-order chi connectivity index (χ1) is 58.9. The third-order valence-electron chi connectivity index (χ3n) is 20.6. The molecule has 4 heterocycles. The SMILES string of the molecule is [2H]c1c([2H])c(-n2c3c([2H])c([2H])c([2H])c([2H])c3c3c([2H])c(C(C)(C)C)c([2H])c([2H])c32)c([2H])c2c1B1c3c(cc(C(C)(C)C)cc3N(c3c(-c4ccccc4)cc(C(C)(C)C)cc3-c3ccccc3)c3c([2H])c(-n4c5c([2H])c([2H])c([2H])c([2H])c5c5c([2H])c(C(C)(C)C)c([2H])c([2H])c54)c([2H])c(C([2H])([2H])[2H])c31)N2c1c(-c2ccccc2)cc(C(C)(C)C)cc1-c1ccccc1. The number of benzene rings is 13. The number of hydrogen-bond acceptors (Lipinski definition) is 2. The molecule has 0 bridgehead atoms. The molecule has 0 fully saturated rings. The van der Waals surface area contributed by atoms with Gasteiger partial charge in [-0.15, -0.1) is 0 Å². The van der Waals surface area contributed by atoms with E-state index in [0.717, 1.165) is 20.3 Å². The second-order valence-corrected chi connectivity index (χ2v) is 32.9. The third-order valence-corrected chi connectivity index (χ3v) is 20.6. The number of nitrogens with zero attached hydrogens (tertiary/aromatic N) is 4. The number of fused-ring (bicyclic) bond motifs is 10. The van der Waals surface area contributed by atoms with Gasteiger partial charge >= 0.3 is 0 Å². The van der Waals surface area contributed by atoms with Gasteiger partial charge in [0.1, 0.15) is 0 Å². The summed E-state index contributed by atoms with van der Waals surface area (Å²) in [7, 11) is 0. The van der Waals surface area contributed by atoms with E-state index in [9.17, 15) is 30.2 Å². The van der Waals surface area contributed by atoms with E-state index >= 15 is 0 Å². The second-order valence-electron chi connectivity index (χ2n) is 32.9. The van der Waals surface area contributed by atoms with Crippen molar-refractivity contribution < 1.29 is 30.2 Å². The van der Waals surface area contributed by atoms with Crippen molar-refractivity contribution >= 4 is 101 Å². The molecule has 2 aliphatic heterocycles. The van der Waals surface area contributed by atoms with Crippen LogP contribution in [0.5, 0.6) is 0 Å². The predicted octanol–water partition coefficient (Wildman–Crippen LogP) is 25.4. The standard InChI is InChI=1S/C99H93BN4/c1-62-51-73(102-84-44-32-30-42-75(84)81-53-68(96(5,6)7)46-50-86(81)102)61-90-91(62)100-82-48-47-72(101-83-43-31-29-41-74(83)80-52-67(95(2,3)4)45-49-85(80)101)60-87(82)103(93-76(63-33-21-17-22-34-63)54-69(97(8,9)10)55-77(93)64-35-23-18-24-36-64)88-58-71(99(14,15)16)59-89(92(88)100)104(90)94-78(65-37-25-19-26-38-65)56-70(98(11,12)13)57-79(94)66-39-27-20-28-40-66/h17-61H,1-16H3/i1D3,29D,30D,31D,32D,41D,42D,43D,44D,45D,46D,47D,48D,49D,50D,51D,52D,53D,60D,61D. The Labute approximate surface area is 646 Å². The Morgan fingerprint density at radius 3 is 1.06 bits per heavy atom. The van der Waals surface area contributed by atoms with Gasteiger partial charge in [0.05, 0.1) is 59.5 Å². The molecule has 104 heavy (non-hydrogen) atoms. The quantitative estimate of drug-likeness (QED) is 0.141. The maximum Gasteiger partial charge on any atom is 0.252 e. The Morgan fingerprint density at radius 2 is 0.663 bits per heavy atom. The van der Waals surface area contributed by atoms with Crippen molar-refractivity contribution in [2.75, 3.05) is 9.80 Å². The van der Waals surface area contributed by atoms with Crippen molar-refractivity contribution in [3.63, 3.8) is 0 Å². The van der Waals surface area contributed by atoms with Gasteiger partial charge in [-0.25, -0.2) is 0 Å². The highest BCUT2D eigenvalue weighted by atomic mass is 15.2. The Hall–Kier alpha value is -10.9. The smallest absolute Gasteiger partial charge is 0.252 e. The molecule has 0 radical (unpaired) electrons. The van der Waals surface area contributed by atoms with Gasteiger partial charge in [-0.3, -0.25) is 0 Å². The summed E-state index contributed by atoms with van der Waals surface area (Å²) in [6.45, 7) is 23.8. The molecule has 0 aliphatic carbocycles. The molecule has 13 aromatic carbocycles. The molecule has 5 heteroatoms. The van der Waals surface area contributed by atoms with Crippen molar-refractivity contribution in [3.8, 4) is 55.9 Å². The lowest BCUT2D eigenvalue weighted by atomic mass is 9.32. The summed E-state index contributed by atoms with van der Waals surface area (Å²) in [4.78, 5) is 3.73. The van der Waals surface area contributed by atoms with Gasteiger partial charge in [-0.05, 0) is 197 Å². The van der Waals surface area contributed by atoms with Crippen molar-refractivity contribution in [2.45, 2.75) is 138 Å². The van der Waals surface area contributed by atoms with Crippen molar-refractivity contribution in [1.29, 1.82) is 0 Å². The predicted molar refractivity (Wildman–Crippen MR) is 449 cm³/mol. The van der Waals surface area contributed by atoms with Crippen LogP contribution >= 0.6 is 0 Å². The molecule has 0 saturated heterocycles. The van der Waals surface area contributed by atoms with E-state index in [1.165, 1.54) is 0 Å². The largest absolute Gasteiger partial charge is 0.310 e. The molecule has 512 valence electrons. The molecule has 2 aliphatic rings. The van der Waals surface area contributed by atoms with Crippen LogP contribution in [0, 0.1) is 6.85 Å². The fourth-order valence-corrected chi connectivity index (χ4v) is 15.0. The highest BCUT2D eigenvalue weighted by Gasteiger charge is 2.47. The van der Waals surface area contributed by atoms with E-state index in [-0.39, 0.29) is 94.9 Å². The molecular weight excluding hydrogens is 1260 g/mol. The molecule has 17 rings (SSSR count). The van der Waals surface area contributed by atoms with Gasteiger partial charge in [0.2, 0.25) is 0 Å². The Morgan fingerprint density at radius 1 is 0.308 bits per heavy atom. The van der Waals surface area contributed by atoms with Crippen LogP contribution in [0.1, 0.15) is 167 Å². The Balaban J connectivity index is 1.20. The molecule has 0 atom stereocenters. The number of para-hydroxylation sites is 2. The molecule has 0 amide bonds. The van der Waals surface area contributed by atoms with E-state index in [2.05, 4.69) is 65.8 Å². The molecule has 0 N–H and O–H groups in total. The number of hydrogen-bond donors (Lipinski definition) is 0. The highest BCUT2D eigenvalue weighted by Crippen LogP contribution is 2.56. The molecule has 0 unspecified atom stereocenters. The first-order valence-electron chi connectivity index (χ1n) is 46.7. The lowest BCUT2D eigenvalue weighted by Crippen LogP contribution is -2.62. The first kappa shape index (κ1) is 46.0. The van der Waals surface area contributed by atoms with E-state index in [1.807, 2.05) is 164 Å². The van der Waals surface area contributed by atoms with Gasteiger partial charge in [0.15, 0.2) is 0 Å². The van der Waals surface area contributed by atoms with Crippen LogP contribution < -0.4 is 26.2 Å². The average molecular weight is 1370 g/mol. The minimum atomic E-state index is -3.55. The number of aromatic nitrogens is 2. The van der Waals surface area contributed by atoms with Gasteiger partial charge < -0.3 is 18.9 Å². The van der Waals surface area contributed by atoms with Crippen molar-refractivity contribution in [2.24, 2.45) is 0 Å². The van der Waals surface area contributed by atoms with Crippen LogP contribution in [0.2, 0.25) is 0 Å². The van der Waals surface area contributed by atoms with Crippen LogP contribution in [0.3, 0.4) is 0 Å². The van der Waals surface area contributed by atoms with Gasteiger partial charge in [0.25, 0.3) is 6.71 Å². The Kier molecular flexibility index (Phi) is 10.7. The van der Waals surface area contributed by atoms with Gasteiger partial charge in [0, 0.05) is 82.0 Å².